The highest BCUT2D eigenvalue weighted by Crippen LogP contribution is 2.18. The summed E-state index contributed by atoms with van der Waals surface area (Å²) in [5.41, 5.74) is 0.775. The van der Waals surface area contributed by atoms with Gasteiger partial charge in [-0.2, -0.15) is 0 Å². The van der Waals surface area contributed by atoms with Gasteiger partial charge >= 0.3 is 5.97 Å². The molecule has 88 valence electrons. The van der Waals surface area contributed by atoms with Crippen LogP contribution >= 0.6 is 11.3 Å². The van der Waals surface area contributed by atoms with E-state index in [0.717, 1.165) is 16.9 Å². The Hall–Kier alpha value is -1.95. The number of benzene rings is 1. The molecule has 0 amide bonds. The van der Waals surface area contributed by atoms with E-state index in [2.05, 4.69) is 10.3 Å². The van der Waals surface area contributed by atoms with Crippen molar-refractivity contribution in [2.24, 2.45) is 0 Å². The number of aromatic nitrogens is 1. The molecule has 0 spiro atoms. The first-order valence-corrected chi connectivity index (χ1v) is 5.64. The Kier molecular flexibility index (Phi) is 3.34. The summed E-state index contributed by atoms with van der Waals surface area (Å²) < 4.78 is 12.9. The number of nitrogens with one attached hydrogen (secondary N) is 1. The van der Waals surface area contributed by atoms with Crippen molar-refractivity contribution in [2.45, 2.75) is 6.54 Å². The van der Waals surface area contributed by atoms with E-state index < -0.39 is 5.97 Å². The summed E-state index contributed by atoms with van der Waals surface area (Å²) in [6.45, 7) is 0.407. The quantitative estimate of drug-likeness (QED) is 0.878. The highest BCUT2D eigenvalue weighted by Gasteiger charge is 2.07. The van der Waals surface area contributed by atoms with Gasteiger partial charge in [-0.25, -0.2) is 14.2 Å². The van der Waals surface area contributed by atoms with Crippen LogP contribution in [0.2, 0.25) is 0 Å². The maximum absolute atomic E-state index is 12.9. The molecule has 0 saturated heterocycles. The molecule has 1 aromatic carbocycles. The first kappa shape index (κ1) is 11.5. The largest absolute Gasteiger partial charge is 0.477 e. The van der Waals surface area contributed by atoms with Crippen molar-refractivity contribution in [1.29, 1.82) is 0 Å². The van der Waals surface area contributed by atoms with Crippen molar-refractivity contribution < 1.29 is 14.3 Å². The zero-order valence-corrected chi connectivity index (χ0v) is 9.50. The topological polar surface area (TPSA) is 62.2 Å². The average molecular weight is 252 g/mol. The minimum Gasteiger partial charge on any atom is -0.477 e. The van der Waals surface area contributed by atoms with Gasteiger partial charge in [-0.05, 0) is 17.7 Å². The molecule has 0 radical (unpaired) electrons. The first-order chi connectivity index (χ1) is 8.15. The highest BCUT2D eigenvalue weighted by atomic mass is 32.1. The second kappa shape index (κ2) is 4.92. The Bertz CT molecular complexity index is 542. The van der Waals surface area contributed by atoms with Gasteiger partial charge in [-0.1, -0.05) is 23.5 Å². The van der Waals surface area contributed by atoms with E-state index in [1.54, 1.807) is 12.1 Å². The molecule has 2 aromatic rings. The van der Waals surface area contributed by atoms with Crippen molar-refractivity contribution in [3.63, 3.8) is 0 Å². The molecule has 0 saturated carbocycles. The minimum atomic E-state index is -0.999. The Balaban J connectivity index is 2.00. The molecular formula is C11H9FN2O2S. The number of hydrogen-bond acceptors (Lipinski definition) is 4. The van der Waals surface area contributed by atoms with Gasteiger partial charge in [0.15, 0.2) is 5.13 Å². The zero-order chi connectivity index (χ0) is 12.3. The minimum absolute atomic E-state index is 0.173. The van der Waals surface area contributed by atoms with Crippen LogP contribution in [0.5, 0.6) is 0 Å². The third kappa shape index (κ3) is 3.01. The molecule has 17 heavy (non-hydrogen) atoms. The number of nitrogens with zero attached hydrogens (tertiary/aromatic N) is 1. The normalized spacial score (nSPS) is 10.2. The summed E-state index contributed by atoms with van der Waals surface area (Å²) >= 11 is 1.05. The molecule has 0 unspecified atom stereocenters. The van der Waals surface area contributed by atoms with Crippen LogP contribution in [0.3, 0.4) is 0 Å². The summed E-state index contributed by atoms with van der Waals surface area (Å²) in [5, 5.41) is 12.2. The van der Waals surface area contributed by atoms with Crippen molar-refractivity contribution in [1.82, 2.24) is 4.98 Å². The van der Waals surface area contributed by atoms with E-state index in [1.165, 1.54) is 18.3 Å². The molecule has 2 N–H and O–H groups in total. The van der Waals surface area contributed by atoms with Gasteiger partial charge in [0.25, 0.3) is 0 Å². The Morgan fingerprint density at radius 3 is 3.00 bits per heavy atom. The summed E-state index contributed by atoms with van der Waals surface area (Å²) in [7, 11) is 0. The van der Waals surface area contributed by atoms with Gasteiger partial charge < -0.3 is 10.4 Å². The number of aromatic carboxylic acids is 1. The Morgan fingerprint density at radius 2 is 2.35 bits per heavy atom. The predicted molar refractivity (Wildman–Crippen MR) is 62.8 cm³/mol. The second-order valence-electron chi connectivity index (χ2n) is 3.32. The maximum Gasteiger partial charge on any atom is 0.347 e. The second-order valence-corrected chi connectivity index (χ2v) is 4.35. The van der Waals surface area contributed by atoms with Crippen molar-refractivity contribution in [2.75, 3.05) is 5.32 Å². The fourth-order valence-corrected chi connectivity index (χ4v) is 1.93. The fraction of sp³-hybridized carbons (Fsp3) is 0.0909. The molecule has 0 bridgehead atoms. The van der Waals surface area contributed by atoms with Gasteiger partial charge in [-0.3, -0.25) is 0 Å². The van der Waals surface area contributed by atoms with E-state index in [-0.39, 0.29) is 10.7 Å². The van der Waals surface area contributed by atoms with Gasteiger partial charge in [-0.15, -0.1) is 0 Å². The number of carbonyl (C=O) groups is 1. The molecule has 4 nitrogen and oxygen atoms in total. The summed E-state index contributed by atoms with van der Waals surface area (Å²) in [6.07, 6.45) is 1.29. The molecule has 6 heteroatoms. The number of anilines is 1. The Labute approximate surface area is 101 Å². The lowest BCUT2D eigenvalue weighted by Crippen LogP contribution is -1.98. The first-order valence-electron chi connectivity index (χ1n) is 4.82. The van der Waals surface area contributed by atoms with Crippen LogP contribution in [0.4, 0.5) is 9.52 Å². The van der Waals surface area contributed by atoms with Gasteiger partial charge in [0, 0.05) is 6.54 Å². The van der Waals surface area contributed by atoms with E-state index >= 15 is 0 Å². The summed E-state index contributed by atoms with van der Waals surface area (Å²) in [4.78, 5) is 14.7. The zero-order valence-electron chi connectivity index (χ0n) is 8.68. The summed E-state index contributed by atoms with van der Waals surface area (Å²) in [6, 6.07) is 6.19. The maximum atomic E-state index is 12.9. The van der Waals surface area contributed by atoms with Gasteiger partial charge in [0.2, 0.25) is 0 Å². The lowest BCUT2D eigenvalue weighted by Gasteiger charge is -2.02. The number of rotatable bonds is 4. The lowest BCUT2D eigenvalue weighted by atomic mass is 10.2. The van der Waals surface area contributed by atoms with Crippen LogP contribution in [0.1, 0.15) is 15.2 Å². The van der Waals surface area contributed by atoms with Crippen LogP contribution in [0, 0.1) is 5.82 Å². The van der Waals surface area contributed by atoms with Crippen molar-refractivity contribution in [3.05, 3.63) is 46.7 Å². The molecule has 2 rings (SSSR count). The molecule has 1 aromatic heterocycles. The standard InChI is InChI=1S/C11H9FN2O2S/c12-8-3-1-2-7(4-8)5-13-11-14-6-9(17-11)10(15)16/h1-4,6H,5H2,(H,13,14)(H,15,16). The molecule has 0 fully saturated rings. The van der Waals surface area contributed by atoms with Gasteiger partial charge in [0.05, 0.1) is 6.20 Å². The molecular weight excluding hydrogens is 243 g/mol. The molecule has 1 heterocycles. The molecule has 0 aliphatic rings. The molecule has 0 aliphatic carbocycles. The number of carboxylic acid groups (broad SMARTS) is 1. The smallest absolute Gasteiger partial charge is 0.347 e. The molecule has 0 aliphatic heterocycles. The van der Waals surface area contributed by atoms with Crippen LogP contribution < -0.4 is 5.32 Å². The van der Waals surface area contributed by atoms with Gasteiger partial charge in [0.1, 0.15) is 10.7 Å². The summed E-state index contributed by atoms with van der Waals surface area (Å²) in [5.74, 6) is -1.30. The SMILES string of the molecule is O=C(O)c1cnc(NCc2cccc(F)c2)s1. The number of halogens is 1. The number of carboxylic acids is 1. The van der Waals surface area contributed by atoms with Crippen molar-refractivity contribution in [3.8, 4) is 0 Å². The van der Waals surface area contributed by atoms with Crippen LogP contribution in [-0.2, 0) is 6.54 Å². The van der Waals surface area contributed by atoms with E-state index in [4.69, 9.17) is 5.11 Å². The molecule has 0 atom stereocenters. The number of thiazole rings is 1. The third-order valence-corrected chi connectivity index (χ3v) is 2.99. The van der Waals surface area contributed by atoms with Crippen LogP contribution in [0.15, 0.2) is 30.5 Å². The van der Waals surface area contributed by atoms with Crippen molar-refractivity contribution >= 4 is 22.4 Å². The monoisotopic (exact) mass is 252 g/mol. The van der Waals surface area contributed by atoms with E-state index in [9.17, 15) is 9.18 Å². The van der Waals surface area contributed by atoms with E-state index in [0.29, 0.717) is 11.7 Å². The fourth-order valence-electron chi connectivity index (χ4n) is 1.28. The lowest BCUT2D eigenvalue weighted by molar-refractivity contribution is 0.0702. The average Bonchev–Trinajstić information content (AvgIpc) is 2.75. The third-order valence-electron chi connectivity index (χ3n) is 2.05. The highest BCUT2D eigenvalue weighted by molar-refractivity contribution is 7.17. The van der Waals surface area contributed by atoms with Crippen LogP contribution in [0.25, 0.3) is 0 Å². The van der Waals surface area contributed by atoms with Crippen LogP contribution in [-0.4, -0.2) is 16.1 Å². The van der Waals surface area contributed by atoms with E-state index in [1.807, 2.05) is 0 Å². The number of hydrogen-bond donors (Lipinski definition) is 2. The predicted octanol–water partition coefficient (Wildman–Crippen LogP) is 2.59. The Morgan fingerprint density at radius 1 is 1.53 bits per heavy atom.